The predicted octanol–water partition coefficient (Wildman–Crippen LogP) is 4.19. The van der Waals surface area contributed by atoms with Crippen LogP contribution in [0, 0.1) is 11.8 Å². The van der Waals surface area contributed by atoms with Crippen molar-refractivity contribution < 1.29 is 4.79 Å². The first-order valence-electron chi connectivity index (χ1n) is 9.82. The van der Waals surface area contributed by atoms with Gasteiger partial charge in [0.25, 0.3) is 0 Å². The monoisotopic (exact) mass is 422 g/mol. The number of carbonyl (C=O) groups is 1. The highest BCUT2D eigenvalue weighted by Gasteiger charge is 2.30. The fourth-order valence-electron chi connectivity index (χ4n) is 3.28. The van der Waals surface area contributed by atoms with Crippen molar-refractivity contribution in [2.75, 3.05) is 5.32 Å². The zero-order valence-corrected chi connectivity index (χ0v) is 17.2. The number of benzene rings is 1. The number of carbonyl (C=O) groups excluding carboxylic acids is 1. The van der Waals surface area contributed by atoms with Crippen molar-refractivity contribution in [3.63, 3.8) is 0 Å². The zero-order valence-electron chi connectivity index (χ0n) is 15.5. The van der Waals surface area contributed by atoms with Gasteiger partial charge in [-0.25, -0.2) is 4.98 Å². The number of hydrogen-bond acceptors (Lipinski definition) is 7. The molecule has 2 aliphatic carbocycles. The molecule has 0 aliphatic heterocycles. The van der Waals surface area contributed by atoms with Crippen molar-refractivity contribution in [3.8, 4) is 0 Å². The summed E-state index contributed by atoms with van der Waals surface area (Å²) in [4.78, 5) is 17.6. The average Bonchev–Trinajstić information content (AvgIpc) is 3.64. The SMILES string of the molecule is O=C(Nc1nc2ccc(Sc3nnc4ccc(CC5CC5)nn34)cc2s1)C1CC1. The van der Waals surface area contributed by atoms with E-state index in [1.807, 2.05) is 22.7 Å². The molecule has 3 aromatic heterocycles. The average molecular weight is 423 g/mol. The van der Waals surface area contributed by atoms with Crippen LogP contribution in [0.2, 0.25) is 0 Å². The van der Waals surface area contributed by atoms with Crippen LogP contribution in [0.4, 0.5) is 5.13 Å². The summed E-state index contributed by atoms with van der Waals surface area (Å²) in [7, 11) is 0. The molecule has 3 heterocycles. The summed E-state index contributed by atoms with van der Waals surface area (Å²) in [6, 6.07) is 10.1. The van der Waals surface area contributed by atoms with Crippen molar-refractivity contribution in [1.29, 1.82) is 0 Å². The number of nitrogens with zero attached hydrogens (tertiary/aromatic N) is 5. The quantitative estimate of drug-likeness (QED) is 0.502. The van der Waals surface area contributed by atoms with Gasteiger partial charge in [0, 0.05) is 10.8 Å². The van der Waals surface area contributed by atoms with E-state index in [9.17, 15) is 4.79 Å². The molecule has 6 rings (SSSR count). The van der Waals surface area contributed by atoms with Crippen LogP contribution in [0.1, 0.15) is 31.4 Å². The first kappa shape index (κ1) is 17.3. The maximum Gasteiger partial charge on any atom is 0.229 e. The first-order chi connectivity index (χ1) is 14.2. The minimum Gasteiger partial charge on any atom is -0.302 e. The van der Waals surface area contributed by atoms with Gasteiger partial charge in [0.05, 0.1) is 15.9 Å². The molecule has 29 heavy (non-hydrogen) atoms. The predicted molar refractivity (Wildman–Crippen MR) is 112 cm³/mol. The fourth-order valence-corrected chi connectivity index (χ4v) is 5.09. The minimum absolute atomic E-state index is 0.0849. The highest BCUT2D eigenvalue weighted by atomic mass is 32.2. The third kappa shape index (κ3) is 3.60. The number of aromatic nitrogens is 5. The molecular weight excluding hydrogens is 404 g/mol. The van der Waals surface area contributed by atoms with Crippen LogP contribution in [0.3, 0.4) is 0 Å². The van der Waals surface area contributed by atoms with Gasteiger partial charge in [-0.2, -0.15) is 9.61 Å². The lowest BCUT2D eigenvalue weighted by Gasteiger charge is -2.02. The lowest BCUT2D eigenvalue weighted by molar-refractivity contribution is -0.117. The van der Waals surface area contributed by atoms with E-state index in [4.69, 9.17) is 5.10 Å². The van der Waals surface area contributed by atoms with Crippen LogP contribution in [0.5, 0.6) is 0 Å². The molecule has 1 N–H and O–H groups in total. The number of hydrogen-bond donors (Lipinski definition) is 1. The number of amides is 1. The third-order valence-corrected chi connectivity index (χ3v) is 7.09. The lowest BCUT2D eigenvalue weighted by Crippen LogP contribution is -2.12. The number of fused-ring (bicyclic) bond motifs is 2. The Morgan fingerprint density at radius 1 is 1.17 bits per heavy atom. The summed E-state index contributed by atoms with van der Waals surface area (Å²) in [6.07, 6.45) is 5.61. The van der Waals surface area contributed by atoms with Gasteiger partial charge in [0.15, 0.2) is 10.8 Å². The summed E-state index contributed by atoms with van der Waals surface area (Å²) < 4.78 is 2.87. The van der Waals surface area contributed by atoms with E-state index in [1.165, 1.54) is 35.9 Å². The van der Waals surface area contributed by atoms with E-state index in [2.05, 4.69) is 32.6 Å². The van der Waals surface area contributed by atoms with Gasteiger partial charge in [-0.1, -0.05) is 11.3 Å². The summed E-state index contributed by atoms with van der Waals surface area (Å²) in [5.74, 6) is 1.05. The summed E-state index contributed by atoms with van der Waals surface area (Å²) in [5, 5.41) is 17.7. The molecule has 0 bridgehead atoms. The largest absolute Gasteiger partial charge is 0.302 e. The van der Waals surface area contributed by atoms with Crippen LogP contribution in [-0.4, -0.2) is 30.7 Å². The smallest absolute Gasteiger partial charge is 0.229 e. The van der Waals surface area contributed by atoms with Gasteiger partial charge in [0.1, 0.15) is 0 Å². The molecule has 0 unspecified atom stereocenters. The molecule has 0 saturated heterocycles. The Balaban J connectivity index is 1.26. The van der Waals surface area contributed by atoms with E-state index in [-0.39, 0.29) is 11.8 Å². The summed E-state index contributed by atoms with van der Waals surface area (Å²) in [6.45, 7) is 0. The van der Waals surface area contributed by atoms with Crippen molar-refractivity contribution in [2.45, 2.75) is 42.2 Å². The Bertz CT molecular complexity index is 1240. The Morgan fingerprint density at radius 2 is 2.07 bits per heavy atom. The van der Waals surface area contributed by atoms with Crippen LogP contribution in [0.25, 0.3) is 15.9 Å². The van der Waals surface area contributed by atoms with Gasteiger partial charge in [-0.15, -0.1) is 10.2 Å². The molecule has 2 saturated carbocycles. The van der Waals surface area contributed by atoms with Crippen LogP contribution < -0.4 is 5.32 Å². The Hall–Kier alpha value is -2.52. The maximum absolute atomic E-state index is 12.0. The van der Waals surface area contributed by atoms with Crippen molar-refractivity contribution in [1.82, 2.24) is 24.8 Å². The normalized spacial score (nSPS) is 16.6. The Kier molecular flexibility index (Phi) is 4.05. The molecule has 9 heteroatoms. The van der Waals surface area contributed by atoms with Crippen LogP contribution in [0.15, 0.2) is 40.4 Å². The molecular formula is C20H18N6OS2. The van der Waals surface area contributed by atoms with Crippen molar-refractivity contribution >= 4 is 50.0 Å². The van der Waals surface area contributed by atoms with Gasteiger partial charge in [-0.3, -0.25) is 4.79 Å². The molecule has 4 aromatic rings. The van der Waals surface area contributed by atoms with Gasteiger partial charge in [0.2, 0.25) is 11.1 Å². The second-order valence-electron chi connectivity index (χ2n) is 7.74. The Labute approximate surface area is 174 Å². The molecule has 2 fully saturated rings. The standard InChI is InChI=1S/C20H18N6OS2/c27-18(12-3-4-12)22-19-21-15-7-6-14(10-16(15)29-19)28-20-24-23-17-8-5-13(25-26(17)20)9-11-1-2-11/h5-8,10-12H,1-4,9H2,(H,21,22,27). The van der Waals surface area contributed by atoms with E-state index in [0.717, 1.165) is 56.8 Å². The first-order valence-corrected chi connectivity index (χ1v) is 11.5. The second-order valence-corrected chi connectivity index (χ2v) is 9.81. The molecule has 0 spiro atoms. The number of anilines is 1. The molecule has 0 radical (unpaired) electrons. The second kappa shape index (κ2) is 6.77. The highest BCUT2D eigenvalue weighted by Crippen LogP contribution is 2.35. The van der Waals surface area contributed by atoms with Crippen LogP contribution >= 0.6 is 23.1 Å². The lowest BCUT2D eigenvalue weighted by atomic mass is 10.2. The number of nitrogens with one attached hydrogen (secondary N) is 1. The highest BCUT2D eigenvalue weighted by molar-refractivity contribution is 7.99. The maximum atomic E-state index is 12.0. The zero-order chi connectivity index (χ0) is 19.4. The van der Waals surface area contributed by atoms with E-state index >= 15 is 0 Å². The van der Waals surface area contributed by atoms with Crippen molar-refractivity contribution in [3.05, 3.63) is 36.0 Å². The van der Waals surface area contributed by atoms with Gasteiger partial charge in [-0.05, 0) is 80.1 Å². The van der Waals surface area contributed by atoms with Crippen molar-refractivity contribution in [2.24, 2.45) is 11.8 Å². The van der Waals surface area contributed by atoms with E-state index in [1.54, 1.807) is 0 Å². The van der Waals surface area contributed by atoms with Gasteiger partial charge < -0.3 is 5.32 Å². The van der Waals surface area contributed by atoms with Crippen LogP contribution in [-0.2, 0) is 11.2 Å². The summed E-state index contributed by atoms with van der Waals surface area (Å²) in [5.41, 5.74) is 2.74. The fraction of sp³-hybridized carbons (Fsp3) is 0.350. The van der Waals surface area contributed by atoms with E-state index in [0.29, 0.717) is 5.13 Å². The molecule has 7 nitrogen and oxygen atoms in total. The molecule has 146 valence electrons. The summed E-state index contributed by atoms with van der Waals surface area (Å²) >= 11 is 3.04. The number of thiazole rings is 1. The van der Waals surface area contributed by atoms with E-state index < -0.39 is 0 Å². The Morgan fingerprint density at radius 3 is 2.90 bits per heavy atom. The number of rotatable bonds is 6. The third-order valence-electron chi connectivity index (χ3n) is 5.23. The minimum atomic E-state index is 0.0849. The molecule has 2 aliphatic rings. The van der Waals surface area contributed by atoms with Gasteiger partial charge >= 0.3 is 0 Å². The molecule has 0 atom stereocenters. The molecule has 1 aromatic carbocycles. The topological polar surface area (TPSA) is 85.1 Å². The molecule has 1 amide bonds.